The predicted molar refractivity (Wildman–Crippen MR) is 102 cm³/mol. The van der Waals surface area contributed by atoms with Gasteiger partial charge >= 0.3 is 5.97 Å². The lowest BCUT2D eigenvalue weighted by molar-refractivity contribution is 0.0734. The maximum atomic E-state index is 13.6. The standard InChI is InChI=1S/C22H22F2N2O2/c1-2-3-15-8-10-26(11-9-15)17-6-4-16(5-7-17)22(27)28-18-12-20(23)19(14-25)21(24)13-18/h4-7,12-13,15H,2-3,8-11H2,1H3. The molecule has 0 amide bonds. The topological polar surface area (TPSA) is 53.3 Å². The van der Waals surface area contributed by atoms with E-state index in [1.165, 1.54) is 31.8 Å². The molecule has 1 fully saturated rings. The van der Waals surface area contributed by atoms with Gasteiger partial charge in [-0.3, -0.25) is 0 Å². The first kappa shape index (κ1) is 19.8. The second-order valence-electron chi connectivity index (χ2n) is 7.03. The Morgan fingerprint density at radius 1 is 1.18 bits per heavy atom. The summed E-state index contributed by atoms with van der Waals surface area (Å²) < 4.78 is 32.3. The lowest BCUT2D eigenvalue weighted by Gasteiger charge is -2.33. The largest absolute Gasteiger partial charge is 0.423 e. The minimum absolute atomic E-state index is 0.277. The van der Waals surface area contributed by atoms with Gasteiger partial charge in [0.1, 0.15) is 29.0 Å². The first-order valence-electron chi connectivity index (χ1n) is 9.48. The number of hydrogen-bond donors (Lipinski definition) is 0. The molecule has 1 heterocycles. The van der Waals surface area contributed by atoms with E-state index in [9.17, 15) is 13.6 Å². The Morgan fingerprint density at radius 2 is 1.79 bits per heavy atom. The molecular weight excluding hydrogens is 362 g/mol. The quantitative estimate of drug-likeness (QED) is 0.533. The monoisotopic (exact) mass is 384 g/mol. The summed E-state index contributed by atoms with van der Waals surface area (Å²) in [5.41, 5.74) is 0.628. The van der Waals surface area contributed by atoms with Crippen LogP contribution in [0.5, 0.6) is 5.75 Å². The maximum absolute atomic E-state index is 13.6. The Kier molecular flexibility index (Phi) is 6.25. The maximum Gasteiger partial charge on any atom is 0.343 e. The second kappa shape index (κ2) is 8.83. The van der Waals surface area contributed by atoms with Crippen molar-refractivity contribution in [3.63, 3.8) is 0 Å². The fraction of sp³-hybridized carbons (Fsp3) is 0.364. The number of carbonyl (C=O) groups excluding carboxylic acids is 1. The summed E-state index contributed by atoms with van der Waals surface area (Å²) in [6, 6.07) is 10.1. The van der Waals surface area contributed by atoms with E-state index in [1.54, 1.807) is 12.1 Å². The van der Waals surface area contributed by atoms with Gasteiger partial charge in [-0.05, 0) is 43.0 Å². The molecule has 1 aliphatic rings. The molecule has 0 aliphatic carbocycles. The van der Waals surface area contributed by atoms with Gasteiger partial charge in [-0.15, -0.1) is 0 Å². The zero-order chi connectivity index (χ0) is 20.1. The number of rotatable bonds is 5. The van der Waals surface area contributed by atoms with Crippen LogP contribution in [0.4, 0.5) is 14.5 Å². The van der Waals surface area contributed by atoms with Gasteiger partial charge in [0.15, 0.2) is 0 Å². The van der Waals surface area contributed by atoms with Gasteiger partial charge in [0.2, 0.25) is 0 Å². The van der Waals surface area contributed by atoms with Gasteiger partial charge < -0.3 is 9.64 Å². The zero-order valence-corrected chi connectivity index (χ0v) is 15.8. The third-order valence-corrected chi connectivity index (χ3v) is 5.12. The first-order valence-corrected chi connectivity index (χ1v) is 9.48. The van der Waals surface area contributed by atoms with Gasteiger partial charge in [-0.25, -0.2) is 13.6 Å². The molecule has 0 N–H and O–H groups in total. The highest BCUT2D eigenvalue weighted by atomic mass is 19.1. The van der Waals surface area contributed by atoms with Crippen LogP contribution in [0.15, 0.2) is 36.4 Å². The number of nitriles is 1. The van der Waals surface area contributed by atoms with Crippen LogP contribution in [0.3, 0.4) is 0 Å². The van der Waals surface area contributed by atoms with Crippen LogP contribution in [-0.2, 0) is 0 Å². The summed E-state index contributed by atoms with van der Waals surface area (Å²) >= 11 is 0. The minimum atomic E-state index is -1.06. The number of carbonyl (C=O) groups is 1. The summed E-state index contributed by atoms with van der Waals surface area (Å²) in [5.74, 6) is -2.32. The summed E-state index contributed by atoms with van der Waals surface area (Å²) in [4.78, 5) is 14.5. The number of halogens is 2. The van der Waals surface area contributed by atoms with E-state index in [2.05, 4.69) is 11.8 Å². The van der Waals surface area contributed by atoms with Crippen molar-refractivity contribution in [2.24, 2.45) is 5.92 Å². The van der Waals surface area contributed by atoms with E-state index in [0.717, 1.165) is 36.8 Å². The van der Waals surface area contributed by atoms with Crippen LogP contribution >= 0.6 is 0 Å². The van der Waals surface area contributed by atoms with Crippen LogP contribution in [-0.4, -0.2) is 19.1 Å². The molecule has 4 nitrogen and oxygen atoms in total. The molecule has 3 rings (SSSR count). The third kappa shape index (κ3) is 4.48. The van der Waals surface area contributed by atoms with Crippen molar-refractivity contribution in [1.29, 1.82) is 5.26 Å². The average molecular weight is 384 g/mol. The summed E-state index contributed by atoms with van der Waals surface area (Å²) in [5, 5.41) is 8.68. The predicted octanol–water partition coefficient (Wildman–Crippen LogP) is 5.07. The lowest BCUT2D eigenvalue weighted by Crippen LogP contribution is -2.33. The van der Waals surface area contributed by atoms with Gasteiger partial charge in [0.25, 0.3) is 0 Å². The van der Waals surface area contributed by atoms with Crippen molar-refractivity contribution in [2.45, 2.75) is 32.6 Å². The van der Waals surface area contributed by atoms with Gasteiger partial charge in [-0.1, -0.05) is 19.8 Å². The molecule has 1 aliphatic heterocycles. The molecule has 0 saturated carbocycles. The van der Waals surface area contributed by atoms with Crippen LogP contribution in [0, 0.1) is 28.9 Å². The van der Waals surface area contributed by atoms with Crippen molar-refractivity contribution in [2.75, 3.05) is 18.0 Å². The molecule has 2 aromatic rings. The average Bonchev–Trinajstić information content (AvgIpc) is 2.69. The Bertz CT molecular complexity index is 859. The summed E-state index contributed by atoms with van der Waals surface area (Å²) in [6.07, 6.45) is 4.84. The molecule has 0 aromatic heterocycles. The van der Waals surface area contributed by atoms with Crippen LogP contribution in [0.2, 0.25) is 0 Å². The minimum Gasteiger partial charge on any atom is -0.423 e. The Hall–Kier alpha value is -2.94. The molecule has 0 spiro atoms. The number of anilines is 1. The van der Waals surface area contributed by atoms with Crippen LogP contribution in [0.1, 0.15) is 48.5 Å². The highest BCUT2D eigenvalue weighted by Crippen LogP contribution is 2.26. The third-order valence-electron chi connectivity index (χ3n) is 5.12. The SMILES string of the molecule is CCCC1CCN(c2ccc(C(=O)Oc3cc(F)c(C#N)c(F)c3)cc2)CC1. The van der Waals surface area contributed by atoms with Crippen molar-refractivity contribution in [3.8, 4) is 11.8 Å². The molecule has 146 valence electrons. The van der Waals surface area contributed by atoms with E-state index in [-0.39, 0.29) is 11.3 Å². The van der Waals surface area contributed by atoms with Gasteiger partial charge in [-0.2, -0.15) is 5.26 Å². The molecule has 28 heavy (non-hydrogen) atoms. The second-order valence-corrected chi connectivity index (χ2v) is 7.03. The Morgan fingerprint density at radius 3 is 2.32 bits per heavy atom. The number of hydrogen-bond acceptors (Lipinski definition) is 4. The molecule has 1 saturated heterocycles. The summed E-state index contributed by atoms with van der Waals surface area (Å²) in [7, 11) is 0. The number of benzene rings is 2. The fourth-order valence-corrected chi connectivity index (χ4v) is 3.58. The molecule has 2 aromatic carbocycles. The van der Waals surface area contributed by atoms with Gasteiger partial charge in [0.05, 0.1) is 5.56 Å². The number of esters is 1. The number of ether oxygens (including phenoxy) is 1. The number of nitrogens with zero attached hydrogens (tertiary/aromatic N) is 2. The Labute approximate surface area is 163 Å². The zero-order valence-electron chi connectivity index (χ0n) is 15.8. The van der Waals surface area contributed by atoms with E-state index >= 15 is 0 Å². The van der Waals surface area contributed by atoms with E-state index in [0.29, 0.717) is 0 Å². The molecule has 6 heteroatoms. The summed E-state index contributed by atoms with van der Waals surface area (Å²) in [6.45, 7) is 4.21. The molecular formula is C22H22F2N2O2. The molecule has 0 radical (unpaired) electrons. The highest BCUT2D eigenvalue weighted by molar-refractivity contribution is 5.91. The number of piperidine rings is 1. The molecule has 0 bridgehead atoms. The Balaban J connectivity index is 1.64. The van der Waals surface area contributed by atoms with Gasteiger partial charge in [0, 0.05) is 30.9 Å². The van der Waals surface area contributed by atoms with Crippen molar-refractivity contribution >= 4 is 11.7 Å². The van der Waals surface area contributed by atoms with E-state index < -0.39 is 23.2 Å². The van der Waals surface area contributed by atoms with E-state index in [4.69, 9.17) is 10.00 Å². The first-order chi connectivity index (χ1) is 13.5. The molecule has 0 atom stereocenters. The fourth-order valence-electron chi connectivity index (χ4n) is 3.58. The van der Waals surface area contributed by atoms with Crippen molar-refractivity contribution in [1.82, 2.24) is 0 Å². The highest BCUT2D eigenvalue weighted by Gasteiger charge is 2.19. The van der Waals surface area contributed by atoms with Crippen LogP contribution in [0.25, 0.3) is 0 Å². The van der Waals surface area contributed by atoms with Crippen molar-refractivity contribution in [3.05, 3.63) is 59.2 Å². The van der Waals surface area contributed by atoms with Crippen molar-refractivity contribution < 1.29 is 18.3 Å². The normalized spacial score (nSPS) is 14.6. The lowest BCUT2D eigenvalue weighted by atomic mass is 9.92. The smallest absolute Gasteiger partial charge is 0.343 e. The molecule has 0 unspecified atom stereocenters. The van der Waals surface area contributed by atoms with Crippen LogP contribution < -0.4 is 9.64 Å². The van der Waals surface area contributed by atoms with E-state index in [1.807, 2.05) is 12.1 Å².